The maximum Gasteiger partial charge on any atom is 0.0991 e. The van der Waals surface area contributed by atoms with Gasteiger partial charge in [-0.3, -0.25) is 0 Å². The minimum absolute atomic E-state index is 0. The van der Waals surface area contributed by atoms with Crippen LogP contribution in [0.3, 0.4) is 0 Å². The van der Waals surface area contributed by atoms with Crippen molar-refractivity contribution in [1.82, 2.24) is 9.38 Å². The number of pyridine rings is 1. The van der Waals surface area contributed by atoms with Crippen molar-refractivity contribution >= 4 is 17.9 Å². The Hall–Kier alpha value is -1.02. The van der Waals surface area contributed by atoms with Crippen LogP contribution in [0.4, 0.5) is 0 Å². The number of imidazole rings is 1. The van der Waals surface area contributed by atoms with Gasteiger partial charge in [-0.2, -0.15) is 0 Å². The molecule has 2 heterocycles. The van der Waals surface area contributed by atoms with Crippen molar-refractivity contribution < 1.29 is 0 Å². The summed E-state index contributed by atoms with van der Waals surface area (Å²) in [5.74, 6) is 0. The van der Waals surface area contributed by atoms with E-state index in [4.69, 9.17) is 0 Å². The highest BCUT2D eigenvalue weighted by atomic mass is 35.5. The van der Waals surface area contributed by atoms with E-state index in [1.807, 2.05) is 35.0 Å². The molecule has 3 heteroatoms. The van der Waals surface area contributed by atoms with Crippen molar-refractivity contribution in [2.45, 2.75) is 0 Å². The van der Waals surface area contributed by atoms with E-state index in [0.29, 0.717) is 0 Å². The molecular weight excluding hydrogens is 148 g/mol. The second-order valence-corrected chi connectivity index (χ2v) is 1.93. The predicted molar refractivity (Wildman–Crippen MR) is 42.4 cm³/mol. The van der Waals surface area contributed by atoms with Gasteiger partial charge < -0.3 is 4.40 Å². The zero-order valence-corrected chi connectivity index (χ0v) is 6.08. The van der Waals surface area contributed by atoms with Crippen LogP contribution >= 0.6 is 12.4 Å². The molecule has 2 aromatic rings. The standard InChI is InChI=1S/C7H6N2.ClH/c1-2-4-9-6-8-5-7(9)3-1;/h1-6H;1H. The predicted octanol–water partition coefficient (Wildman–Crippen LogP) is 1.76. The molecule has 0 N–H and O–H groups in total. The van der Waals surface area contributed by atoms with Crippen LogP contribution < -0.4 is 0 Å². The molecule has 0 atom stereocenters. The van der Waals surface area contributed by atoms with E-state index >= 15 is 0 Å². The molecule has 0 aliphatic rings. The molecule has 52 valence electrons. The van der Waals surface area contributed by atoms with E-state index in [1.165, 1.54) is 0 Å². The number of hydrogen-bond acceptors (Lipinski definition) is 1. The number of aromatic nitrogens is 2. The third-order valence-electron chi connectivity index (χ3n) is 1.32. The summed E-state index contributed by atoms with van der Waals surface area (Å²) >= 11 is 0. The van der Waals surface area contributed by atoms with Crippen molar-refractivity contribution in [3.05, 3.63) is 36.9 Å². The number of halogens is 1. The van der Waals surface area contributed by atoms with Crippen LogP contribution in [0.15, 0.2) is 36.9 Å². The average Bonchev–Trinajstić information content (AvgIpc) is 2.33. The van der Waals surface area contributed by atoms with Crippen molar-refractivity contribution in [1.29, 1.82) is 0 Å². The largest absolute Gasteiger partial charge is 0.306 e. The van der Waals surface area contributed by atoms with Gasteiger partial charge in [0.15, 0.2) is 0 Å². The Balaban J connectivity index is 0.000000500. The van der Waals surface area contributed by atoms with E-state index in [2.05, 4.69) is 4.98 Å². The van der Waals surface area contributed by atoms with Crippen LogP contribution in [-0.4, -0.2) is 9.38 Å². The molecule has 0 fully saturated rings. The fourth-order valence-corrected chi connectivity index (χ4v) is 0.865. The zero-order valence-electron chi connectivity index (χ0n) is 5.27. The minimum atomic E-state index is 0. The molecule has 2 aromatic heterocycles. The first-order chi connectivity index (χ1) is 4.47. The first kappa shape index (κ1) is 7.09. The first-order valence-corrected chi connectivity index (χ1v) is 2.83. The lowest BCUT2D eigenvalue weighted by atomic mass is 10.4. The summed E-state index contributed by atoms with van der Waals surface area (Å²) in [6, 6.07) is 6.00. The Kier molecular flexibility index (Phi) is 1.92. The molecule has 0 saturated heterocycles. The maximum atomic E-state index is 3.96. The molecule has 0 saturated carbocycles. The summed E-state index contributed by atoms with van der Waals surface area (Å²) in [6.45, 7) is 0. The number of hydrogen-bond donors (Lipinski definition) is 0. The van der Waals surface area contributed by atoms with Gasteiger partial charge in [-0.1, -0.05) is 6.07 Å². The van der Waals surface area contributed by atoms with Gasteiger partial charge in [0.05, 0.1) is 18.0 Å². The fraction of sp³-hybridized carbons (Fsp3) is 0. The van der Waals surface area contributed by atoms with Crippen molar-refractivity contribution in [2.24, 2.45) is 0 Å². The summed E-state index contributed by atoms with van der Waals surface area (Å²) in [5, 5.41) is 0. The monoisotopic (exact) mass is 154 g/mol. The molecule has 0 aromatic carbocycles. The van der Waals surface area contributed by atoms with Gasteiger partial charge in [-0.15, -0.1) is 12.4 Å². The van der Waals surface area contributed by atoms with Gasteiger partial charge >= 0.3 is 0 Å². The van der Waals surface area contributed by atoms with Crippen LogP contribution in [-0.2, 0) is 0 Å². The third-order valence-corrected chi connectivity index (χ3v) is 1.32. The highest BCUT2D eigenvalue weighted by molar-refractivity contribution is 5.85. The van der Waals surface area contributed by atoms with Gasteiger partial charge in [0, 0.05) is 6.20 Å². The molecule has 0 bridgehead atoms. The SMILES string of the molecule is Cl.c1ccn2cncc2c1. The summed E-state index contributed by atoms with van der Waals surface area (Å²) in [6.07, 6.45) is 5.59. The summed E-state index contributed by atoms with van der Waals surface area (Å²) < 4.78 is 1.97. The third kappa shape index (κ3) is 0.977. The Bertz CT molecular complexity index is 286. The topological polar surface area (TPSA) is 17.3 Å². The van der Waals surface area contributed by atoms with E-state index < -0.39 is 0 Å². The van der Waals surface area contributed by atoms with Gasteiger partial charge in [0.1, 0.15) is 0 Å². The second-order valence-electron chi connectivity index (χ2n) is 1.93. The summed E-state index contributed by atoms with van der Waals surface area (Å²) in [5.41, 5.74) is 1.14. The quantitative estimate of drug-likeness (QED) is 0.565. The lowest BCUT2D eigenvalue weighted by Crippen LogP contribution is -1.75. The van der Waals surface area contributed by atoms with Crippen LogP contribution in [0, 0.1) is 0 Å². The number of nitrogens with zero attached hydrogens (tertiary/aromatic N) is 2. The number of rotatable bonds is 0. The summed E-state index contributed by atoms with van der Waals surface area (Å²) in [4.78, 5) is 3.96. The Morgan fingerprint density at radius 2 is 2.20 bits per heavy atom. The minimum Gasteiger partial charge on any atom is -0.306 e. The van der Waals surface area contributed by atoms with E-state index in [1.54, 1.807) is 6.33 Å². The molecule has 0 unspecified atom stereocenters. The molecule has 0 aliphatic carbocycles. The molecule has 2 rings (SSSR count). The molecule has 2 nitrogen and oxygen atoms in total. The van der Waals surface area contributed by atoms with Crippen LogP contribution in [0.25, 0.3) is 5.52 Å². The van der Waals surface area contributed by atoms with Crippen molar-refractivity contribution in [3.63, 3.8) is 0 Å². The van der Waals surface area contributed by atoms with Crippen LogP contribution in [0.5, 0.6) is 0 Å². The smallest absolute Gasteiger partial charge is 0.0991 e. The van der Waals surface area contributed by atoms with E-state index in [0.717, 1.165) is 5.52 Å². The average molecular weight is 155 g/mol. The maximum absolute atomic E-state index is 3.96. The molecule has 0 aliphatic heterocycles. The summed E-state index contributed by atoms with van der Waals surface area (Å²) in [7, 11) is 0. The van der Waals surface area contributed by atoms with Gasteiger partial charge in [-0.25, -0.2) is 4.98 Å². The number of fused-ring (bicyclic) bond motifs is 1. The second kappa shape index (κ2) is 2.71. The van der Waals surface area contributed by atoms with Gasteiger partial charge in [0.2, 0.25) is 0 Å². The molecule has 10 heavy (non-hydrogen) atoms. The van der Waals surface area contributed by atoms with Crippen LogP contribution in [0.1, 0.15) is 0 Å². The normalized spacial score (nSPS) is 9.20. The highest BCUT2D eigenvalue weighted by Crippen LogP contribution is 1.98. The molecular formula is C7H7ClN2. The highest BCUT2D eigenvalue weighted by Gasteiger charge is 1.85. The first-order valence-electron chi connectivity index (χ1n) is 2.83. The molecule has 0 spiro atoms. The van der Waals surface area contributed by atoms with Crippen molar-refractivity contribution in [2.75, 3.05) is 0 Å². The van der Waals surface area contributed by atoms with E-state index in [-0.39, 0.29) is 12.4 Å². The van der Waals surface area contributed by atoms with Crippen molar-refractivity contribution in [3.8, 4) is 0 Å². The lowest BCUT2D eigenvalue weighted by Gasteiger charge is -1.86. The lowest BCUT2D eigenvalue weighted by molar-refractivity contribution is 1.15. The van der Waals surface area contributed by atoms with Gasteiger partial charge in [0.25, 0.3) is 0 Å². The fourth-order valence-electron chi connectivity index (χ4n) is 0.865. The Labute approximate surface area is 64.9 Å². The molecule has 0 radical (unpaired) electrons. The van der Waals surface area contributed by atoms with Gasteiger partial charge in [-0.05, 0) is 12.1 Å². The molecule has 0 amide bonds. The Morgan fingerprint density at radius 1 is 1.30 bits per heavy atom. The van der Waals surface area contributed by atoms with E-state index in [9.17, 15) is 0 Å². The van der Waals surface area contributed by atoms with Crippen LogP contribution in [0.2, 0.25) is 0 Å². The Morgan fingerprint density at radius 3 is 3.00 bits per heavy atom. The zero-order chi connectivity index (χ0) is 6.10.